The minimum absolute atomic E-state index is 0.0297. The van der Waals surface area contributed by atoms with Crippen molar-refractivity contribution in [1.29, 1.82) is 0 Å². The Labute approximate surface area is 104 Å². The molecule has 2 N–H and O–H groups in total. The lowest BCUT2D eigenvalue weighted by Gasteiger charge is -2.25. The second kappa shape index (κ2) is 4.57. The van der Waals surface area contributed by atoms with Gasteiger partial charge in [-0.05, 0) is 37.0 Å². The number of anilines is 1. The zero-order chi connectivity index (χ0) is 12.5. The number of ether oxygens (including phenoxy) is 1. The first kappa shape index (κ1) is 12.2. The van der Waals surface area contributed by atoms with Gasteiger partial charge in [-0.3, -0.25) is 0 Å². The second-order valence-corrected chi connectivity index (χ2v) is 5.08. The number of benzene rings is 1. The molecule has 0 aromatic heterocycles. The fourth-order valence-corrected chi connectivity index (χ4v) is 2.13. The van der Waals surface area contributed by atoms with Gasteiger partial charge >= 0.3 is 0 Å². The highest BCUT2D eigenvalue weighted by Gasteiger charge is 2.39. The summed E-state index contributed by atoms with van der Waals surface area (Å²) in [6, 6.07) is 6.36. The smallest absolute Gasteiger partial charge is 0.142 e. The Bertz CT molecular complexity index is 399. The van der Waals surface area contributed by atoms with E-state index in [0.29, 0.717) is 0 Å². The van der Waals surface area contributed by atoms with Crippen molar-refractivity contribution in [3.8, 4) is 5.75 Å². The van der Waals surface area contributed by atoms with Crippen LogP contribution in [0.2, 0.25) is 0 Å². The zero-order valence-corrected chi connectivity index (χ0v) is 11.0. The first-order valence-corrected chi connectivity index (χ1v) is 6.25. The highest BCUT2D eigenvalue weighted by atomic mass is 16.5. The molecule has 3 nitrogen and oxygen atoms in total. The fourth-order valence-electron chi connectivity index (χ4n) is 2.13. The van der Waals surface area contributed by atoms with E-state index in [2.05, 4.69) is 31.0 Å². The third kappa shape index (κ3) is 2.72. The first-order chi connectivity index (χ1) is 8.08. The molecular formula is C14H22N2O. The Kier molecular flexibility index (Phi) is 3.29. The molecule has 2 rings (SSSR count). The van der Waals surface area contributed by atoms with Gasteiger partial charge in [0.2, 0.25) is 0 Å². The van der Waals surface area contributed by atoms with Crippen molar-refractivity contribution < 1.29 is 4.74 Å². The van der Waals surface area contributed by atoms with Gasteiger partial charge in [-0.25, -0.2) is 0 Å². The average Bonchev–Trinajstić information content (AvgIpc) is 3.05. The summed E-state index contributed by atoms with van der Waals surface area (Å²) in [5.74, 6) is 0.925. The van der Waals surface area contributed by atoms with Gasteiger partial charge in [-0.2, -0.15) is 0 Å². The van der Waals surface area contributed by atoms with Crippen LogP contribution in [0.25, 0.3) is 0 Å². The molecule has 0 amide bonds. The normalized spacial score (nSPS) is 16.7. The monoisotopic (exact) mass is 234 g/mol. The van der Waals surface area contributed by atoms with Gasteiger partial charge in [0.1, 0.15) is 5.75 Å². The summed E-state index contributed by atoms with van der Waals surface area (Å²) in [7, 11) is 3.80. The number of rotatable bonds is 5. The molecule has 1 saturated carbocycles. The van der Waals surface area contributed by atoms with E-state index in [1.54, 1.807) is 7.11 Å². The van der Waals surface area contributed by atoms with Crippen LogP contribution in [0.15, 0.2) is 18.2 Å². The summed E-state index contributed by atoms with van der Waals surface area (Å²) in [5.41, 5.74) is 8.66. The number of methoxy groups -OCH3 is 1. The molecule has 0 heterocycles. The Balaban J connectivity index is 2.21. The minimum Gasteiger partial charge on any atom is -0.495 e. The lowest BCUT2D eigenvalue weighted by atomic mass is 10.1. The Morgan fingerprint density at radius 2 is 2.12 bits per heavy atom. The average molecular weight is 234 g/mol. The van der Waals surface area contributed by atoms with Crippen LogP contribution in [-0.2, 0) is 6.42 Å². The van der Waals surface area contributed by atoms with Crippen LogP contribution in [0.4, 0.5) is 5.69 Å². The molecule has 0 radical (unpaired) electrons. The predicted octanol–water partition coefficient (Wildman–Crippen LogP) is 2.19. The van der Waals surface area contributed by atoms with E-state index in [0.717, 1.165) is 37.2 Å². The number of nitrogens with zero attached hydrogens (tertiary/aromatic N) is 1. The maximum Gasteiger partial charge on any atom is 0.142 e. The lowest BCUT2D eigenvalue weighted by Crippen LogP contribution is -2.37. The van der Waals surface area contributed by atoms with E-state index < -0.39 is 0 Å². The molecule has 1 aromatic rings. The first-order valence-electron chi connectivity index (χ1n) is 6.25. The predicted molar refractivity (Wildman–Crippen MR) is 71.8 cm³/mol. The molecular weight excluding hydrogens is 212 g/mol. The quantitative estimate of drug-likeness (QED) is 0.848. The summed E-state index contributed by atoms with van der Waals surface area (Å²) < 4.78 is 5.42. The fraction of sp³-hybridized carbons (Fsp3) is 0.571. The van der Waals surface area contributed by atoms with Crippen LogP contribution in [0, 0.1) is 0 Å². The van der Waals surface area contributed by atoms with Crippen molar-refractivity contribution in [3.63, 3.8) is 0 Å². The third-order valence-corrected chi connectivity index (χ3v) is 3.51. The molecule has 0 atom stereocenters. The Hall–Kier alpha value is -1.22. The van der Waals surface area contributed by atoms with Gasteiger partial charge in [-0.15, -0.1) is 0 Å². The second-order valence-electron chi connectivity index (χ2n) is 5.08. The van der Waals surface area contributed by atoms with Crippen LogP contribution < -0.4 is 15.4 Å². The molecule has 1 aliphatic rings. The highest BCUT2D eigenvalue weighted by Crippen LogP contribution is 2.36. The SMILES string of the molecule is CCc1ccc(OC)c(N(C)CC2(N)CC2)c1. The van der Waals surface area contributed by atoms with Gasteiger partial charge in [0.15, 0.2) is 0 Å². The zero-order valence-electron chi connectivity index (χ0n) is 11.0. The standard InChI is InChI=1S/C14H22N2O/c1-4-11-5-6-13(17-3)12(9-11)16(2)10-14(15)7-8-14/h5-6,9H,4,7-8,10,15H2,1-3H3. The number of hydrogen-bond acceptors (Lipinski definition) is 3. The molecule has 3 heteroatoms. The van der Waals surface area contributed by atoms with E-state index in [1.807, 2.05) is 6.07 Å². The van der Waals surface area contributed by atoms with Gasteiger partial charge in [0.25, 0.3) is 0 Å². The summed E-state index contributed by atoms with van der Waals surface area (Å²) >= 11 is 0. The molecule has 1 aliphatic carbocycles. The summed E-state index contributed by atoms with van der Waals surface area (Å²) in [5, 5.41) is 0. The third-order valence-electron chi connectivity index (χ3n) is 3.51. The molecule has 1 fully saturated rings. The van der Waals surface area contributed by atoms with Crippen LogP contribution in [-0.4, -0.2) is 26.2 Å². The maximum absolute atomic E-state index is 6.16. The molecule has 17 heavy (non-hydrogen) atoms. The number of aryl methyl sites for hydroxylation is 1. The van der Waals surface area contributed by atoms with Gasteiger partial charge in [-0.1, -0.05) is 13.0 Å². The van der Waals surface area contributed by atoms with Crippen molar-refractivity contribution >= 4 is 5.69 Å². The van der Waals surface area contributed by atoms with Crippen LogP contribution in [0.3, 0.4) is 0 Å². The summed E-state index contributed by atoms with van der Waals surface area (Å²) in [6.07, 6.45) is 3.30. The molecule has 0 bridgehead atoms. The van der Waals surface area contributed by atoms with Crippen molar-refractivity contribution in [1.82, 2.24) is 0 Å². The number of nitrogens with two attached hydrogens (primary N) is 1. The van der Waals surface area contributed by atoms with E-state index in [-0.39, 0.29) is 5.54 Å². The molecule has 1 aromatic carbocycles. The molecule has 0 saturated heterocycles. The van der Waals surface area contributed by atoms with Crippen molar-refractivity contribution in [2.24, 2.45) is 5.73 Å². The van der Waals surface area contributed by atoms with Gasteiger partial charge in [0.05, 0.1) is 12.8 Å². The van der Waals surface area contributed by atoms with Crippen molar-refractivity contribution in [2.45, 2.75) is 31.7 Å². The number of hydrogen-bond donors (Lipinski definition) is 1. The Morgan fingerprint density at radius 3 is 2.65 bits per heavy atom. The van der Waals surface area contributed by atoms with Crippen LogP contribution in [0.1, 0.15) is 25.3 Å². The van der Waals surface area contributed by atoms with E-state index in [9.17, 15) is 0 Å². The van der Waals surface area contributed by atoms with E-state index in [1.165, 1.54) is 5.56 Å². The van der Waals surface area contributed by atoms with Crippen molar-refractivity contribution in [3.05, 3.63) is 23.8 Å². The topological polar surface area (TPSA) is 38.5 Å². The van der Waals surface area contributed by atoms with E-state index in [4.69, 9.17) is 10.5 Å². The molecule has 0 unspecified atom stereocenters. The maximum atomic E-state index is 6.16. The van der Waals surface area contributed by atoms with Gasteiger partial charge < -0.3 is 15.4 Å². The van der Waals surface area contributed by atoms with Gasteiger partial charge in [0, 0.05) is 19.1 Å². The van der Waals surface area contributed by atoms with E-state index >= 15 is 0 Å². The number of likely N-dealkylation sites (N-methyl/N-ethyl adjacent to an activating group) is 1. The largest absolute Gasteiger partial charge is 0.495 e. The van der Waals surface area contributed by atoms with Crippen LogP contribution >= 0.6 is 0 Å². The molecule has 94 valence electrons. The summed E-state index contributed by atoms with van der Waals surface area (Å²) in [6.45, 7) is 3.06. The van der Waals surface area contributed by atoms with Crippen molar-refractivity contribution in [2.75, 3.05) is 25.6 Å². The Morgan fingerprint density at radius 1 is 1.41 bits per heavy atom. The molecule has 0 aliphatic heterocycles. The highest BCUT2D eigenvalue weighted by molar-refractivity contribution is 5.60. The molecule has 0 spiro atoms. The van der Waals surface area contributed by atoms with Crippen LogP contribution in [0.5, 0.6) is 5.75 Å². The summed E-state index contributed by atoms with van der Waals surface area (Å²) in [4.78, 5) is 2.21. The lowest BCUT2D eigenvalue weighted by molar-refractivity contribution is 0.414. The minimum atomic E-state index is 0.0297.